The fourth-order valence-corrected chi connectivity index (χ4v) is 4.68. The van der Waals surface area contributed by atoms with E-state index >= 15 is 0 Å². The summed E-state index contributed by atoms with van der Waals surface area (Å²) in [5, 5.41) is 3.11. The molecule has 3 aromatic rings. The summed E-state index contributed by atoms with van der Waals surface area (Å²) in [4.78, 5) is 48.7. The van der Waals surface area contributed by atoms with Crippen LogP contribution in [0, 0.1) is 0 Å². The zero-order valence-electron chi connectivity index (χ0n) is 19.0. The van der Waals surface area contributed by atoms with Crippen LogP contribution in [0.4, 0.5) is 11.5 Å². The van der Waals surface area contributed by atoms with Crippen molar-refractivity contribution in [3.63, 3.8) is 0 Å². The summed E-state index contributed by atoms with van der Waals surface area (Å²) in [6.45, 7) is 3.15. The first-order valence-electron chi connectivity index (χ1n) is 11.7. The molecule has 1 aliphatic carbocycles. The number of nitrogens with zero attached hydrogens (tertiary/aromatic N) is 4. The molecule has 0 radical (unpaired) electrons. The van der Waals surface area contributed by atoms with Crippen molar-refractivity contribution in [3.05, 3.63) is 86.3 Å². The molecule has 1 aliphatic heterocycles. The summed E-state index contributed by atoms with van der Waals surface area (Å²) < 4.78 is 0.958. The standard InChI is InChI=1S/C25H28N6O3/c32-23-15-22(27-21-5-4-19-2-1-3-20(19)14-21)28-25(34)31(23)17-24(33)30-12-10-29(11-13-30)16-18-6-8-26-9-7-18/h4-9,14-15,27H,1-3,10-13,16-17H2,(H,28,34). The van der Waals surface area contributed by atoms with Gasteiger partial charge in [0.05, 0.1) is 0 Å². The summed E-state index contributed by atoms with van der Waals surface area (Å²) in [5.41, 5.74) is 3.56. The minimum atomic E-state index is -0.596. The average molecular weight is 461 g/mol. The van der Waals surface area contributed by atoms with Gasteiger partial charge in [0.1, 0.15) is 12.4 Å². The normalized spacial score (nSPS) is 15.8. The Morgan fingerprint density at radius 2 is 1.74 bits per heavy atom. The van der Waals surface area contributed by atoms with Crippen molar-refractivity contribution in [2.75, 3.05) is 31.5 Å². The van der Waals surface area contributed by atoms with Crippen LogP contribution >= 0.6 is 0 Å². The van der Waals surface area contributed by atoms with Crippen molar-refractivity contribution >= 4 is 17.4 Å². The first-order valence-corrected chi connectivity index (χ1v) is 11.7. The van der Waals surface area contributed by atoms with Gasteiger partial charge in [-0.15, -0.1) is 0 Å². The second-order valence-electron chi connectivity index (χ2n) is 8.89. The molecule has 9 nitrogen and oxygen atoms in total. The quantitative estimate of drug-likeness (QED) is 0.578. The Bertz CT molecular complexity index is 1260. The molecule has 0 bridgehead atoms. The van der Waals surface area contributed by atoms with E-state index in [4.69, 9.17) is 0 Å². The van der Waals surface area contributed by atoms with Crippen LogP contribution in [-0.4, -0.2) is 56.4 Å². The minimum absolute atomic E-state index is 0.226. The van der Waals surface area contributed by atoms with Crippen LogP contribution < -0.4 is 16.6 Å². The molecule has 9 heteroatoms. The van der Waals surface area contributed by atoms with E-state index in [1.807, 2.05) is 18.2 Å². The van der Waals surface area contributed by atoms with Gasteiger partial charge in [0.2, 0.25) is 5.91 Å². The summed E-state index contributed by atoms with van der Waals surface area (Å²) >= 11 is 0. The number of fused-ring (bicyclic) bond motifs is 1. The highest BCUT2D eigenvalue weighted by atomic mass is 16.2. The van der Waals surface area contributed by atoms with Gasteiger partial charge in [0, 0.05) is 56.9 Å². The predicted octanol–water partition coefficient (Wildman–Crippen LogP) is 1.51. The molecule has 1 saturated heterocycles. The number of aryl methyl sites for hydroxylation is 2. The van der Waals surface area contributed by atoms with Crippen LogP contribution in [0.5, 0.6) is 0 Å². The topological polar surface area (TPSA) is 103 Å². The summed E-state index contributed by atoms with van der Waals surface area (Å²) in [6.07, 6.45) is 6.84. The van der Waals surface area contributed by atoms with Crippen molar-refractivity contribution in [3.8, 4) is 0 Å². The fourth-order valence-electron chi connectivity index (χ4n) is 4.68. The van der Waals surface area contributed by atoms with Crippen LogP contribution in [-0.2, 0) is 30.7 Å². The molecule has 0 atom stereocenters. The van der Waals surface area contributed by atoms with Gasteiger partial charge in [0.25, 0.3) is 5.56 Å². The maximum atomic E-state index is 12.8. The Morgan fingerprint density at radius 3 is 2.50 bits per heavy atom. The smallest absolute Gasteiger partial charge is 0.330 e. The van der Waals surface area contributed by atoms with Crippen LogP contribution in [0.15, 0.2) is 58.4 Å². The van der Waals surface area contributed by atoms with Crippen LogP contribution in [0.3, 0.4) is 0 Å². The number of hydrogen-bond acceptors (Lipinski definition) is 6. The lowest BCUT2D eigenvalue weighted by atomic mass is 10.1. The molecule has 1 aromatic carbocycles. The van der Waals surface area contributed by atoms with Gasteiger partial charge in [0.15, 0.2) is 0 Å². The van der Waals surface area contributed by atoms with Gasteiger partial charge in [-0.25, -0.2) is 4.79 Å². The Morgan fingerprint density at radius 1 is 0.971 bits per heavy atom. The fraction of sp³-hybridized carbons (Fsp3) is 0.360. The highest BCUT2D eigenvalue weighted by molar-refractivity contribution is 5.76. The van der Waals surface area contributed by atoms with Gasteiger partial charge < -0.3 is 10.2 Å². The van der Waals surface area contributed by atoms with E-state index < -0.39 is 11.2 Å². The summed E-state index contributed by atoms with van der Waals surface area (Å²) in [7, 11) is 0. The third kappa shape index (κ3) is 4.94. The van der Waals surface area contributed by atoms with Gasteiger partial charge in [-0.3, -0.25) is 29.0 Å². The predicted molar refractivity (Wildman–Crippen MR) is 129 cm³/mol. The number of amides is 1. The van der Waals surface area contributed by atoms with Crippen molar-refractivity contribution in [1.29, 1.82) is 0 Å². The van der Waals surface area contributed by atoms with Crippen LogP contribution in [0.25, 0.3) is 0 Å². The van der Waals surface area contributed by atoms with E-state index in [1.54, 1.807) is 17.3 Å². The van der Waals surface area contributed by atoms with E-state index in [2.05, 4.69) is 32.3 Å². The Labute approximate surface area is 197 Å². The molecule has 1 amide bonds. The van der Waals surface area contributed by atoms with E-state index in [-0.39, 0.29) is 12.5 Å². The third-order valence-electron chi connectivity index (χ3n) is 6.57. The SMILES string of the molecule is O=C(Cn1c(=O)cc(Nc2ccc3c(c2)CCC3)[nH]c1=O)N1CCN(Cc2ccncc2)CC1. The molecular formula is C25H28N6O3. The lowest BCUT2D eigenvalue weighted by molar-refractivity contribution is -0.133. The number of pyridine rings is 1. The molecule has 0 unspecified atom stereocenters. The molecular weight excluding hydrogens is 432 g/mol. The van der Waals surface area contributed by atoms with Crippen LogP contribution in [0.1, 0.15) is 23.1 Å². The highest BCUT2D eigenvalue weighted by Crippen LogP contribution is 2.25. The lowest BCUT2D eigenvalue weighted by Gasteiger charge is -2.34. The van der Waals surface area contributed by atoms with Crippen molar-refractivity contribution in [2.24, 2.45) is 0 Å². The van der Waals surface area contributed by atoms with Gasteiger partial charge in [-0.2, -0.15) is 0 Å². The number of hydrogen-bond donors (Lipinski definition) is 2. The Kier molecular flexibility index (Phi) is 6.27. The molecule has 2 aliphatic rings. The summed E-state index contributed by atoms with van der Waals surface area (Å²) in [5.74, 6) is 0.0943. The number of carbonyl (C=O) groups is 1. The number of rotatable bonds is 6. The van der Waals surface area contributed by atoms with Gasteiger partial charge >= 0.3 is 5.69 Å². The van der Waals surface area contributed by atoms with E-state index in [1.165, 1.54) is 22.8 Å². The van der Waals surface area contributed by atoms with Gasteiger partial charge in [-0.1, -0.05) is 6.07 Å². The molecule has 0 spiro atoms. The average Bonchev–Trinajstić information content (AvgIpc) is 3.30. The van der Waals surface area contributed by atoms with Gasteiger partial charge in [-0.05, 0) is 60.2 Å². The first kappa shape index (κ1) is 22.1. The minimum Gasteiger partial charge on any atom is -0.342 e. The number of aromatic amines is 1. The van der Waals surface area contributed by atoms with Crippen LogP contribution in [0.2, 0.25) is 0 Å². The number of aromatic nitrogens is 3. The second-order valence-corrected chi connectivity index (χ2v) is 8.89. The van der Waals surface area contributed by atoms with E-state index in [9.17, 15) is 14.4 Å². The zero-order chi connectivity index (χ0) is 23.5. The largest absolute Gasteiger partial charge is 0.342 e. The van der Waals surface area contributed by atoms with Crippen molar-refractivity contribution in [1.82, 2.24) is 24.3 Å². The molecule has 1 fully saturated rings. The Balaban J connectivity index is 1.19. The first-order chi connectivity index (χ1) is 16.5. The van der Waals surface area contributed by atoms with E-state index in [0.29, 0.717) is 18.9 Å². The molecule has 5 rings (SSSR count). The number of piperazine rings is 1. The Hall–Kier alpha value is -3.72. The molecule has 0 saturated carbocycles. The monoisotopic (exact) mass is 460 g/mol. The molecule has 2 aromatic heterocycles. The summed E-state index contributed by atoms with van der Waals surface area (Å²) in [6, 6.07) is 11.4. The maximum absolute atomic E-state index is 12.8. The number of H-pyrrole nitrogens is 1. The number of benzene rings is 1. The molecule has 2 N–H and O–H groups in total. The van der Waals surface area contributed by atoms with Crippen molar-refractivity contribution < 1.29 is 4.79 Å². The number of anilines is 2. The van der Waals surface area contributed by atoms with Crippen molar-refractivity contribution in [2.45, 2.75) is 32.4 Å². The third-order valence-corrected chi connectivity index (χ3v) is 6.57. The number of carbonyl (C=O) groups excluding carboxylic acids is 1. The molecule has 3 heterocycles. The highest BCUT2D eigenvalue weighted by Gasteiger charge is 2.22. The molecule has 176 valence electrons. The second kappa shape index (κ2) is 9.64. The van der Waals surface area contributed by atoms with E-state index in [0.717, 1.165) is 49.2 Å². The maximum Gasteiger partial charge on any atom is 0.330 e. The lowest BCUT2D eigenvalue weighted by Crippen LogP contribution is -2.50. The molecule has 34 heavy (non-hydrogen) atoms. The number of nitrogens with one attached hydrogen (secondary N) is 2. The zero-order valence-corrected chi connectivity index (χ0v) is 19.0.